The maximum absolute atomic E-state index is 13.0. The van der Waals surface area contributed by atoms with Crippen LogP contribution in [-0.4, -0.2) is 53.5 Å². The monoisotopic (exact) mass is 537 g/mol. The minimum Gasteiger partial charge on any atom is -0.496 e. The molecule has 1 N–H and O–H groups in total. The zero-order valence-corrected chi connectivity index (χ0v) is 23.4. The molecule has 0 saturated carbocycles. The number of anilines is 1. The van der Waals surface area contributed by atoms with E-state index in [9.17, 15) is 14.7 Å². The highest BCUT2D eigenvalue weighted by Gasteiger charge is 2.34. The Bertz CT molecular complexity index is 1410. The number of fused-ring (bicyclic) bond motifs is 3. The fourth-order valence-corrected chi connectivity index (χ4v) is 6.39. The Kier molecular flexibility index (Phi) is 7.09. The molecule has 1 aromatic carbocycles. The molecule has 0 spiro atoms. The number of piperidine rings is 1. The van der Waals surface area contributed by atoms with Gasteiger partial charge in [-0.05, 0) is 49.3 Å². The number of aliphatic hydroxyl groups is 1. The first-order valence-electron chi connectivity index (χ1n) is 13.1. The summed E-state index contributed by atoms with van der Waals surface area (Å²) in [6.07, 6.45) is 5.57. The number of thiazole rings is 1. The molecule has 38 heavy (non-hydrogen) atoms. The maximum atomic E-state index is 13.0. The molecule has 3 aromatic rings. The van der Waals surface area contributed by atoms with E-state index in [0.29, 0.717) is 5.75 Å². The normalized spacial score (nSPS) is 17.6. The minimum absolute atomic E-state index is 0.0248. The third kappa shape index (κ3) is 4.85. The summed E-state index contributed by atoms with van der Waals surface area (Å²) in [6.45, 7) is 10.0. The van der Waals surface area contributed by atoms with Gasteiger partial charge in [0.05, 0.1) is 30.4 Å². The highest BCUT2D eigenvalue weighted by Crippen LogP contribution is 2.47. The lowest BCUT2D eigenvalue weighted by Crippen LogP contribution is -2.35. The Labute approximate surface area is 226 Å². The highest BCUT2D eigenvalue weighted by atomic mass is 32.1. The Hall–Kier alpha value is -3.17. The van der Waals surface area contributed by atoms with Crippen LogP contribution in [0.2, 0.25) is 0 Å². The Morgan fingerprint density at radius 3 is 2.58 bits per heavy atom. The van der Waals surface area contributed by atoms with Gasteiger partial charge in [-0.25, -0.2) is 9.78 Å². The molecule has 2 aliphatic rings. The molecule has 1 fully saturated rings. The molecule has 1 atom stereocenters. The lowest BCUT2D eigenvalue weighted by molar-refractivity contribution is 0.0523. The summed E-state index contributed by atoms with van der Waals surface area (Å²) in [6, 6.07) is 5.74. The molecular weight excluding hydrogens is 502 g/mol. The van der Waals surface area contributed by atoms with Crippen LogP contribution in [0, 0.1) is 5.41 Å². The van der Waals surface area contributed by atoms with Crippen LogP contribution in [0.3, 0.4) is 0 Å². The van der Waals surface area contributed by atoms with Crippen molar-refractivity contribution in [3.05, 3.63) is 51.9 Å². The zero-order valence-electron chi connectivity index (χ0n) is 22.6. The van der Waals surface area contributed by atoms with Gasteiger partial charge in [0, 0.05) is 48.7 Å². The van der Waals surface area contributed by atoms with E-state index in [1.54, 1.807) is 37.6 Å². The summed E-state index contributed by atoms with van der Waals surface area (Å²) in [5.41, 5.74) is 3.36. The molecule has 0 aliphatic carbocycles. The Balaban J connectivity index is 1.60. The van der Waals surface area contributed by atoms with E-state index >= 15 is 0 Å². The first kappa shape index (κ1) is 26.4. The number of rotatable bonds is 5. The summed E-state index contributed by atoms with van der Waals surface area (Å²) in [4.78, 5) is 33.5. The third-order valence-corrected chi connectivity index (χ3v) is 8.61. The van der Waals surface area contributed by atoms with E-state index in [1.807, 2.05) is 12.3 Å². The van der Waals surface area contributed by atoms with Crippen LogP contribution in [0.15, 0.2) is 35.4 Å². The largest absolute Gasteiger partial charge is 0.496 e. The Morgan fingerprint density at radius 1 is 1.18 bits per heavy atom. The lowest BCUT2D eigenvalue weighted by atomic mass is 9.78. The Morgan fingerprint density at radius 2 is 1.92 bits per heavy atom. The standard InChI is InChI=1S/C29H35N3O5S/c1-6-37-27(35)21-16-32-22(14-23(21)34)19-13-24(36-5)20(11-17(19)12-26(32)29(2,3)4)25-15-30-28(38-25)31-9-7-18(33)8-10-31/h11,13-16,18,26,33H,6-10,12H2,1-5H3. The van der Waals surface area contributed by atoms with E-state index in [0.717, 1.165) is 64.7 Å². The number of ether oxygens (including phenoxy) is 2. The van der Waals surface area contributed by atoms with Crippen LogP contribution >= 0.6 is 11.3 Å². The van der Waals surface area contributed by atoms with Crippen molar-refractivity contribution in [2.24, 2.45) is 5.41 Å². The van der Waals surface area contributed by atoms with Crippen LogP contribution in [-0.2, 0) is 11.2 Å². The molecule has 2 aliphatic heterocycles. The first-order valence-corrected chi connectivity index (χ1v) is 14.0. The second-order valence-corrected chi connectivity index (χ2v) is 12.1. The summed E-state index contributed by atoms with van der Waals surface area (Å²) >= 11 is 1.62. The molecule has 0 amide bonds. The van der Waals surface area contributed by atoms with Crippen molar-refractivity contribution in [3.63, 3.8) is 0 Å². The van der Waals surface area contributed by atoms with E-state index in [4.69, 9.17) is 9.47 Å². The van der Waals surface area contributed by atoms with Crippen LogP contribution in [0.5, 0.6) is 5.75 Å². The summed E-state index contributed by atoms with van der Waals surface area (Å²) in [7, 11) is 1.65. The summed E-state index contributed by atoms with van der Waals surface area (Å²) in [5, 5.41) is 10.8. The van der Waals surface area contributed by atoms with Crippen molar-refractivity contribution in [3.8, 4) is 27.4 Å². The number of esters is 1. The molecule has 202 valence electrons. The van der Waals surface area contributed by atoms with Crippen LogP contribution < -0.4 is 15.1 Å². The van der Waals surface area contributed by atoms with Crippen LogP contribution in [0.1, 0.15) is 62.5 Å². The van der Waals surface area contributed by atoms with E-state index < -0.39 is 5.97 Å². The average Bonchev–Trinajstić information content (AvgIpc) is 3.37. The number of hydrogen-bond acceptors (Lipinski definition) is 8. The second kappa shape index (κ2) is 10.2. The van der Waals surface area contributed by atoms with Crippen molar-refractivity contribution < 1.29 is 19.4 Å². The number of carbonyl (C=O) groups excluding carboxylic acids is 1. The van der Waals surface area contributed by atoms with Gasteiger partial charge in [0.25, 0.3) is 0 Å². The van der Waals surface area contributed by atoms with E-state index in [2.05, 4.69) is 41.3 Å². The van der Waals surface area contributed by atoms with Gasteiger partial charge in [0.2, 0.25) is 0 Å². The topological polar surface area (TPSA) is 93.9 Å². The molecule has 1 saturated heterocycles. The number of methoxy groups -OCH3 is 1. The van der Waals surface area contributed by atoms with Crippen molar-refractivity contribution >= 4 is 22.4 Å². The van der Waals surface area contributed by atoms with Gasteiger partial charge in [0.1, 0.15) is 11.3 Å². The fourth-order valence-electron chi connectivity index (χ4n) is 5.40. The van der Waals surface area contributed by atoms with Crippen molar-refractivity contribution in [1.29, 1.82) is 0 Å². The lowest BCUT2D eigenvalue weighted by Gasteiger charge is -2.39. The summed E-state index contributed by atoms with van der Waals surface area (Å²) in [5.74, 6) is 0.110. The minimum atomic E-state index is -0.594. The van der Waals surface area contributed by atoms with Crippen molar-refractivity contribution in [2.75, 3.05) is 31.7 Å². The summed E-state index contributed by atoms with van der Waals surface area (Å²) < 4.78 is 13.0. The van der Waals surface area contributed by atoms with Crippen LogP contribution in [0.4, 0.5) is 5.13 Å². The molecule has 4 heterocycles. The SMILES string of the molecule is CCOC(=O)c1cn2c(cc1=O)-c1cc(OC)c(-c3cnc(N4CCC(O)CC4)s3)cc1CC2C(C)(C)C. The molecular formula is C29H35N3O5S. The molecule has 9 heteroatoms. The number of hydrogen-bond donors (Lipinski definition) is 1. The number of nitrogens with zero attached hydrogens (tertiary/aromatic N) is 3. The number of aliphatic hydroxyl groups excluding tert-OH is 1. The quantitative estimate of drug-likeness (QED) is 0.461. The highest BCUT2D eigenvalue weighted by molar-refractivity contribution is 7.19. The van der Waals surface area contributed by atoms with E-state index in [-0.39, 0.29) is 35.2 Å². The smallest absolute Gasteiger partial charge is 0.343 e. The molecule has 2 aromatic heterocycles. The van der Waals surface area contributed by atoms with Gasteiger partial charge in [0.15, 0.2) is 10.6 Å². The molecule has 1 unspecified atom stereocenters. The number of aromatic nitrogens is 2. The average molecular weight is 538 g/mol. The predicted octanol–water partition coefficient (Wildman–Crippen LogP) is 4.93. The number of carbonyl (C=O) groups is 1. The van der Waals surface area contributed by atoms with Crippen molar-refractivity contribution in [2.45, 2.75) is 59.1 Å². The molecule has 5 rings (SSSR count). The number of benzene rings is 1. The third-order valence-electron chi connectivity index (χ3n) is 7.52. The van der Waals surface area contributed by atoms with E-state index in [1.165, 1.54) is 0 Å². The predicted molar refractivity (Wildman–Crippen MR) is 149 cm³/mol. The molecule has 0 radical (unpaired) electrons. The van der Waals surface area contributed by atoms with Gasteiger partial charge < -0.3 is 24.0 Å². The first-order chi connectivity index (χ1) is 18.1. The fraction of sp³-hybridized carbons (Fsp3) is 0.483. The maximum Gasteiger partial charge on any atom is 0.343 e. The second-order valence-electron chi connectivity index (χ2n) is 11.1. The van der Waals surface area contributed by atoms with Gasteiger partial charge >= 0.3 is 5.97 Å². The van der Waals surface area contributed by atoms with Crippen molar-refractivity contribution in [1.82, 2.24) is 9.55 Å². The molecule has 8 nitrogen and oxygen atoms in total. The van der Waals surface area contributed by atoms with Gasteiger partial charge in [-0.3, -0.25) is 4.79 Å². The zero-order chi connectivity index (χ0) is 27.2. The van der Waals surface area contributed by atoms with Gasteiger partial charge in [-0.1, -0.05) is 32.1 Å². The van der Waals surface area contributed by atoms with Crippen LogP contribution in [0.25, 0.3) is 21.7 Å². The van der Waals surface area contributed by atoms with Gasteiger partial charge in [-0.15, -0.1) is 0 Å². The number of pyridine rings is 1. The molecule has 0 bridgehead atoms. The van der Waals surface area contributed by atoms with Gasteiger partial charge in [-0.2, -0.15) is 0 Å².